The van der Waals surface area contributed by atoms with Gasteiger partial charge < -0.3 is 20.1 Å². The number of primary amides is 1. The fourth-order valence-electron chi connectivity index (χ4n) is 3.18. The van der Waals surface area contributed by atoms with Gasteiger partial charge in [0.1, 0.15) is 18.1 Å². The molecule has 0 radical (unpaired) electrons. The van der Waals surface area contributed by atoms with Crippen LogP contribution in [-0.4, -0.2) is 26.7 Å². The number of hydrogen-bond donors (Lipinski definition) is 2. The quantitative estimate of drug-likeness (QED) is 0.512. The fourth-order valence-corrected chi connectivity index (χ4v) is 3.31. The number of carbonyl (C=O) groups is 1. The summed E-state index contributed by atoms with van der Waals surface area (Å²) in [5.41, 5.74) is 7.53. The third kappa shape index (κ3) is 6.23. The zero-order chi connectivity index (χ0) is 20.8. The smallest absolute Gasteiger partial charge is 0.268 e. The normalized spacial score (nSPS) is 12.6. The molecular weight excluding hydrogens is 425 g/mol. The van der Waals surface area contributed by atoms with E-state index in [0.717, 1.165) is 16.9 Å². The lowest BCUT2D eigenvalue weighted by atomic mass is 10.0. The van der Waals surface area contributed by atoms with Crippen molar-refractivity contribution in [3.05, 3.63) is 82.9 Å². The van der Waals surface area contributed by atoms with E-state index in [-0.39, 0.29) is 24.1 Å². The van der Waals surface area contributed by atoms with Gasteiger partial charge in [-0.25, -0.2) is 4.98 Å². The minimum Gasteiger partial charge on any atom is -0.489 e. The van der Waals surface area contributed by atoms with Gasteiger partial charge in [0.2, 0.25) is 0 Å². The number of hydrogen-bond acceptors (Lipinski definition) is 4. The topological polar surface area (TPSA) is 90.4 Å². The molecule has 0 unspecified atom stereocenters. The molecule has 2 aromatic carbocycles. The molecule has 6 nitrogen and oxygen atoms in total. The molecule has 0 fully saturated rings. The average molecular weight is 450 g/mol. The molecular formula is C22H25Cl2N3O3. The Bertz CT molecular complexity index is 958. The van der Waals surface area contributed by atoms with E-state index in [1.54, 1.807) is 17.7 Å². The van der Waals surface area contributed by atoms with Gasteiger partial charge in [-0.2, -0.15) is 0 Å². The number of nitrogens with zero attached hydrogens (tertiary/aromatic N) is 2. The minimum atomic E-state index is -0.618. The first-order valence-electron chi connectivity index (χ1n) is 9.40. The molecule has 0 aliphatic carbocycles. The molecule has 1 aromatic heterocycles. The Balaban J connectivity index is 0.00000320. The number of aromatic nitrogens is 2. The zero-order valence-electron chi connectivity index (χ0n) is 16.6. The Labute approximate surface area is 187 Å². The largest absolute Gasteiger partial charge is 0.489 e. The monoisotopic (exact) mass is 449 g/mol. The fraction of sp³-hybridized carbons (Fsp3) is 0.273. The van der Waals surface area contributed by atoms with E-state index in [1.165, 1.54) is 6.33 Å². The van der Waals surface area contributed by atoms with Crippen LogP contribution in [0.5, 0.6) is 5.75 Å². The third-order valence-electron chi connectivity index (χ3n) is 4.78. The summed E-state index contributed by atoms with van der Waals surface area (Å²) in [4.78, 5) is 15.3. The molecule has 30 heavy (non-hydrogen) atoms. The standard InChI is InChI=1S/C22H24ClN3O3.ClH/c1-15(27)20(26-12-19(22(24)28)25-14-26)11-8-17-4-2-3-5-21(17)29-13-16-6-9-18(23)10-7-16;/h2-7,9-10,12,14-15,20,27H,8,11,13H2,1H3,(H2,24,28);1H/t15-,20+;/m0./s1. The van der Waals surface area contributed by atoms with Crippen LogP contribution in [0.3, 0.4) is 0 Å². The molecule has 0 aliphatic heterocycles. The van der Waals surface area contributed by atoms with E-state index in [2.05, 4.69) is 4.98 Å². The molecule has 0 saturated carbocycles. The number of aryl methyl sites for hydroxylation is 1. The Morgan fingerprint density at radius 2 is 1.93 bits per heavy atom. The maximum Gasteiger partial charge on any atom is 0.268 e. The van der Waals surface area contributed by atoms with E-state index in [4.69, 9.17) is 22.1 Å². The molecule has 8 heteroatoms. The second-order valence-corrected chi connectivity index (χ2v) is 7.38. The molecule has 0 aliphatic rings. The molecule has 3 aromatic rings. The Morgan fingerprint density at radius 3 is 2.57 bits per heavy atom. The van der Waals surface area contributed by atoms with Crippen LogP contribution >= 0.6 is 24.0 Å². The van der Waals surface area contributed by atoms with Crippen LogP contribution in [0.25, 0.3) is 0 Å². The van der Waals surface area contributed by atoms with Gasteiger partial charge in [0.05, 0.1) is 18.5 Å². The van der Waals surface area contributed by atoms with Crippen molar-refractivity contribution in [2.45, 2.75) is 38.5 Å². The number of amides is 1. The number of para-hydroxylation sites is 1. The van der Waals surface area contributed by atoms with Gasteiger partial charge in [-0.1, -0.05) is 41.9 Å². The van der Waals surface area contributed by atoms with E-state index in [9.17, 15) is 9.90 Å². The lowest BCUT2D eigenvalue weighted by molar-refractivity contribution is 0.0994. The minimum absolute atomic E-state index is 0. The van der Waals surface area contributed by atoms with Crippen molar-refractivity contribution in [1.82, 2.24) is 9.55 Å². The van der Waals surface area contributed by atoms with Crippen molar-refractivity contribution in [2.75, 3.05) is 0 Å². The van der Waals surface area contributed by atoms with E-state index < -0.39 is 12.0 Å². The Hall–Kier alpha value is -2.54. The summed E-state index contributed by atoms with van der Waals surface area (Å²) in [6, 6.07) is 15.2. The molecule has 0 spiro atoms. The third-order valence-corrected chi connectivity index (χ3v) is 5.04. The van der Waals surface area contributed by atoms with Gasteiger partial charge in [0.25, 0.3) is 5.91 Å². The second kappa shape index (κ2) is 11.0. The lowest BCUT2D eigenvalue weighted by Crippen LogP contribution is -2.21. The Kier molecular flexibility index (Phi) is 8.72. The predicted molar refractivity (Wildman–Crippen MR) is 119 cm³/mol. The van der Waals surface area contributed by atoms with Crippen molar-refractivity contribution in [1.29, 1.82) is 0 Å². The van der Waals surface area contributed by atoms with Crippen molar-refractivity contribution >= 4 is 29.9 Å². The van der Waals surface area contributed by atoms with Crippen molar-refractivity contribution in [2.24, 2.45) is 5.73 Å². The highest BCUT2D eigenvalue weighted by Gasteiger charge is 2.19. The number of ether oxygens (including phenoxy) is 1. The summed E-state index contributed by atoms with van der Waals surface area (Å²) in [5, 5.41) is 10.9. The number of imidazole rings is 1. The maximum absolute atomic E-state index is 11.3. The number of benzene rings is 2. The predicted octanol–water partition coefficient (Wildman–Crippen LogP) is 4.19. The highest BCUT2D eigenvalue weighted by atomic mass is 35.5. The number of carbonyl (C=O) groups excluding carboxylic acids is 1. The summed E-state index contributed by atoms with van der Waals surface area (Å²) in [7, 11) is 0. The summed E-state index contributed by atoms with van der Waals surface area (Å²) < 4.78 is 7.75. The number of nitrogens with two attached hydrogens (primary N) is 1. The van der Waals surface area contributed by atoms with Gasteiger partial charge in [-0.05, 0) is 49.1 Å². The van der Waals surface area contributed by atoms with Crippen LogP contribution in [0.2, 0.25) is 5.02 Å². The van der Waals surface area contributed by atoms with Gasteiger partial charge in [0.15, 0.2) is 0 Å². The maximum atomic E-state index is 11.3. The highest BCUT2D eigenvalue weighted by molar-refractivity contribution is 6.30. The van der Waals surface area contributed by atoms with Crippen LogP contribution in [0.4, 0.5) is 0 Å². The van der Waals surface area contributed by atoms with E-state index in [0.29, 0.717) is 24.5 Å². The molecule has 1 heterocycles. The second-order valence-electron chi connectivity index (χ2n) is 6.94. The Morgan fingerprint density at radius 1 is 1.23 bits per heavy atom. The molecule has 0 saturated heterocycles. The summed E-state index contributed by atoms with van der Waals surface area (Å²) in [6.45, 7) is 2.16. The summed E-state index contributed by atoms with van der Waals surface area (Å²) >= 11 is 5.93. The number of rotatable bonds is 9. The molecule has 3 rings (SSSR count). The van der Waals surface area contributed by atoms with Crippen molar-refractivity contribution in [3.8, 4) is 5.75 Å². The van der Waals surface area contributed by atoms with Crippen LogP contribution < -0.4 is 10.5 Å². The van der Waals surface area contributed by atoms with Gasteiger partial charge >= 0.3 is 0 Å². The molecule has 160 valence electrons. The van der Waals surface area contributed by atoms with Gasteiger partial charge in [0, 0.05) is 11.2 Å². The van der Waals surface area contributed by atoms with Crippen LogP contribution in [0.15, 0.2) is 61.1 Å². The average Bonchev–Trinajstić information content (AvgIpc) is 3.18. The lowest BCUT2D eigenvalue weighted by Gasteiger charge is -2.22. The first-order valence-corrected chi connectivity index (χ1v) is 9.78. The van der Waals surface area contributed by atoms with Crippen molar-refractivity contribution in [3.63, 3.8) is 0 Å². The summed E-state index contributed by atoms with van der Waals surface area (Å²) in [6.07, 6.45) is 3.82. The molecule has 2 atom stereocenters. The number of aliphatic hydroxyl groups excluding tert-OH is 1. The zero-order valence-corrected chi connectivity index (χ0v) is 18.1. The van der Waals surface area contributed by atoms with Crippen LogP contribution in [0, 0.1) is 0 Å². The number of halogens is 2. The van der Waals surface area contributed by atoms with Crippen LogP contribution in [-0.2, 0) is 13.0 Å². The molecule has 3 N–H and O–H groups in total. The number of aliphatic hydroxyl groups is 1. The van der Waals surface area contributed by atoms with Crippen molar-refractivity contribution < 1.29 is 14.6 Å². The molecule has 1 amide bonds. The van der Waals surface area contributed by atoms with Crippen LogP contribution in [0.1, 0.15) is 41.0 Å². The SMILES string of the molecule is C[C@H](O)[C@@H](CCc1ccccc1OCc1ccc(Cl)cc1)n1cnc(C(N)=O)c1.Cl. The molecule has 0 bridgehead atoms. The highest BCUT2D eigenvalue weighted by Crippen LogP contribution is 2.25. The van der Waals surface area contributed by atoms with Gasteiger partial charge in [-0.3, -0.25) is 4.79 Å². The van der Waals surface area contributed by atoms with E-state index >= 15 is 0 Å². The first kappa shape index (κ1) is 23.7. The van der Waals surface area contributed by atoms with E-state index in [1.807, 2.05) is 48.5 Å². The first-order chi connectivity index (χ1) is 13.9. The summed E-state index contributed by atoms with van der Waals surface area (Å²) in [5.74, 6) is 0.212. The van der Waals surface area contributed by atoms with Gasteiger partial charge in [-0.15, -0.1) is 12.4 Å².